The van der Waals surface area contributed by atoms with Crippen LogP contribution >= 0.6 is 12.4 Å². The summed E-state index contributed by atoms with van der Waals surface area (Å²) in [5.41, 5.74) is 5.87. The molecule has 1 atom stereocenters. The van der Waals surface area contributed by atoms with Gasteiger partial charge in [-0.15, -0.1) is 12.4 Å². The highest BCUT2D eigenvalue weighted by atomic mass is 35.5. The smallest absolute Gasteiger partial charge is 0.339 e. The quantitative estimate of drug-likeness (QED) is 0.855. The normalized spacial score (nSPS) is 17.1. The van der Waals surface area contributed by atoms with Crippen molar-refractivity contribution in [3.63, 3.8) is 0 Å². The van der Waals surface area contributed by atoms with E-state index in [1.54, 1.807) is 11.0 Å². The number of hydrogen-bond acceptors (Lipinski definition) is 3. The summed E-state index contributed by atoms with van der Waals surface area (Å²) in [6, 6.07) is 4.94. The number of amides is 1. The Bertz CT molecular complexity index is 560. The number of nitrogens with two attached hydrogens (primary N) is 1. The lowest BCUT2D eigenvalue weighted by Crippen LogP contribution is -2.52. The van der Waals surface area contributed by atoms with Crippen molar-refractivity contribution in [2.45, 2.75) is 38.5 Å². The number of alkyl halides is 3. The van der Waals surface area contributed by atoms with Crippen molar-refractivity contribution in [1.82, 2.24) is 9.80 Å². The summed E-state index contributed by atoms with van der Waals surface area (Å²) in [4.78, 5) is 16.0. The Morgan fingerprint density at radius 1 is 1.24 bits per heavy atom. The summed E-state index contributed by atoms with van der Waals surface area (Å²) >= 11 is 0. The number of rotatable bonds is 5. The lowest BCUT2D eigenvalue weighted by atomic mass is 10.1. The van der Waals surface area contributed by atoms with Gasteiger partial charge in [-0.3, -0.25) is 9.69 Å². The largest absolute Gasteiger partial charge is 0.416 e. The van der Waals surface area contributed by atoms with E-state index in [0.29, 0.717) is 44.7 Å². The van der Waals surface area contributed by atoms with Crippen LogP contribution in [0.15, 0.2) is 24.3 Å². The van der Waals surface area contributed by atoms with Crippen molar-refractivity contribution in [2.24, 2.45) is 5.73 Å². The van der Waals surface area contributed by atoms with Crippen molar-refractivity contribution < 1.29 is 18.0 Å². The first-order valence-corrected chi connectivity index (χ1v) is 8.24. The molecule has 0 saturated carbocycles. The summed E-state index contributed by atoms with van der Waals surface area (Å²) in [6.07, 6.45) is -2.79. The zero-order valence-electron chi connectivity index (χ0n) is 14.3. The van der Waals surface area contributed by atoms with E-state index >= 15 is 0 Å². The van der Waals surface area contributed by atoms with Crippen LogP contribution in [0.1, 0.15) is 30.9 Å². The Morgan fingerprint density at radius 2 is 1.88 bits per heavy atom. The first kappa shape index (κ1) is 21.7. The summed E-state index contributed by atoms with van der Waals surface area (Å²) in [7, 11) is 0. The summed E-state index contributed by atoms with van der Waals surface area (Å²) in [6.45, 7) is 4.85. The van der Waals surface area contributed by atoms with Crippen LogP contribution in [-0.2, 0) is 17.5 Å². The van der Waals surface area contributed by atoms with Gasteiger partial charge in [-0.2, -0.15) is 13.2 Å². The molecule has 0 radical (unpaired) electrons. The van der Waals surface area contributed by atoms with E-state index in [9.17, 15) is 18.0 Å². The lowest BCUT2D eigenvalue weighted by molar-refractivity contribution is -0.138. The maximum atomic E-state index is 12.8. The van der Waals surface area contributed by atoms with Gasteiger partial charge in [-0.1, -0.05) is 31.5 Å². The molecule has 2 N–H and O–H groups in total. The zero-order chi connectivity index (χ0) is 17.7. The molecule has 4 nitrogen and oxygen atoms in total. The van der Waals surface area contributed by atoms with Crippen LogP contribution in [0.3, 0.4) is 0 Å². The van der Waals surface area contributed by atoms with E-state index < -0.39 is 17.8 Å². The van der Waals surface area contributed by atoms with E-state index in [-0.39, 0.29) is 18.3 Å². The van der Waals surface area contributed by atoms with Gasteiger partial charge >= 0.3 is 6.18 Å². The zero-order valence-corrected chi connectivity index (χ0v) is 15.1. The molecule has 1 saturated heterocycles. The first-order chi connectivity index (χ1) is 11.3. The predicted molar refractivity (Wildman–Crippen MR) is 93.4 cm³/mol. The minimum Gasteiger partial charge on any atom is -0.339 e. The molecule has 2 rings (SSSR count). The third-order valence-corrected chi connectivity index (χ3v) is 4.26. The van der Waals surface area contributed by atoms with Gasteiger partial charge in [-0.25, -0.2) is 0 Å². The average molecular weight is 380 g/mol. The Morgan fingerprint density at radius 3 is 2.44 bits per heavy atom. The molecule has 0 aromatic heterocycles. The van der Waals surface area contributed by atoms with E-state index in [0.717, 1.165) is 12.5 Å². The fraction of sp³-hybridized carbons (Fsp3) is 0.588. The number of hydrogen-bond donors (Lipinski definition) is 1. The van der Waals surface area contributed by atoms with E-state index in [4.69, 9.17) is 5.73 Å². The highest BCUT2D eigenvalue weighted by Crippen LogP contribution is 2.29. The van der Waals surface area contributed by atoms with Crippen LogP contribution < -0.4 is 5.73 Å². The monoisotopic (exact) mass is 379 g/mol. The number of nitrogens with zero attached hydrogens (tertiary/aromatic N) is 2. The molecular weight excluding hydrogens is 355 g/mol. The Labute approximate surface area is 152 Å². The SMILES string of the molecule is CCCC(N)C(=O)N1CCN(Cc2cccc(C(F)(F)F)c2)CC1.Cl. The van der Waals surface area contributed by atoms with Gasteiger partial charge in [0.25, 0.3) is 0 Å². The maximum Gasteiger partial charge on any atom is 0.416 e. The Hall–Kier alpha value is -1.31. The second kappa shape index (κ2) is 9.40. The predicted octanol–water partition coefficient (Wildman–Crippen LogP) is 2.90. The van der Waals surface area contributed by atoms with Crippen LogP contribution in [0.5, 0.6) is 0 Å². The Kier molecular flexibility index (Phi) is 8.18. The van der Waals surface area contributed by atoms with E-state index in [2.05, 4.69) is 4.90 Å². The van der Waals surface area contributed by atoms with E-state index in [1.165, 1.54) is 12.1 Å². The molecule has 1 heterocycles. The summed E-state index contributed by atoms with van der Waals surface area (Å²) < 4.78 is 38.3. The van der Waals surface area contributed by atoms with Gasteiger partial charge in [0, 0.05) is 32.7 Å². The molecule has 1 fully saturated rings. The molecule has 0 bridgehead atoms. The minimum atomic E-state index is -4.32. The minimum absolute atomic E-state index is 0. The highest BCUT2D eigenvalue weighted by Gasteiger charge is 2.30. The molecular formula is C17H25ClF3N3O. The maximum absolute atomic E-state index is 12.8. The molecule has 1 unspecified atom stereocenters. The second-order valence-electron chi connectivity index (χ2n) is 6.19. The molecule has 1 aromatic carbocycles. The molecule has 142 valence electrons. The summed E-state index contributed by atoms with van der Waals surface area (Å²) in [5.74, 6) is -0.0319. The van der Waals surface area contributed by atoms with Crippen LogP contribution in [0.4, 0.5) is 13.2 Å². The number of piperazine rings is 1. The molecule has 1 amide bonds. The van der Waals surface area contributed by atoms with Crippen molar-refractivity contribution >= 4 is 18.3 Å². The number of benzene rings is 1. The average Bonchev–Trinajstić information content (AvgIpc) is 2.54. The molecule has 1 aromatic rings. The highest BCUT2D eigenvalue weighted by molar-refractivity contribution is 5.85. The fourth-order valence-corrected chi connectivity index (χ4v) is 2.90. The third-order valence-electron chi connectivity index (χ3n) is 4.26. The van der Waals surface area contributed by atoms with Crippen LogP contribution in [0.2, 0.25) is 0 Å². The molecule has 0 spiro atoms. The molecule has 1 aliphatic heterocycles. The van der Waals surface area contributed by atoms with Gasteiger partial charge in [0.2, 0.25) is 5.91 Å². The van der Waals surface area contributed by atoms with Crippen LogP contribution in [0, 0.1) is 0 Å². The van der Waals surface area contributed by atoms with E-state index in [1.807, 2.05) is 6.92 Å². The second-order valence-corrected chi connectivity index (χ2v) is 6.19. The first-order valence-electron chi connectivity index (χ1n) is 8.24. The van der Waals surface area contributed by atoms with Crippen molar-refractivity contribution in [2.75, 3.05) is 26.2 Å². The van der Waals surface area contributed by atoms with Crippen LogP contribution in [-0.4, -0.2) is 47.9 Å². The topological polar surface area (TPSA) is 49.6 Å². The third kappa shape index (κ3) is 6.17. The van der Waals surface area contributed by atoms with Gasteiger partial charge < -0.3 is 10.6 Å². The van der Waals surface area contributed by atoms with Gasteiger partial charge in [-0.05, 0) is 18.1 Å². The molecule has 8 heteroatoms. The molecule has 0 aliphatic carbocycles. The van der Waals surface area contributed by atoms with Crippen molar-refractivity contribution in [3.05, 3.63) is 35.4 Å². The lowest BCUT2D eigenvalue weighted by Gasteiger charge is -2.36. The fourth-order valence-electron chi connectivity index (χ4n) is 2.90. The molecule has 25 heavy (non-hydrogen) atoms. The standard InChI is InChI=1S/C17H24F3N3O.ClH/c1-2-4-15(21)16(24)23-9-7-22(8-10-23)12-13-5-3-6-14(11-13)17(18,19)20;/h3,5-6,11,15H,2,4,7-10,12,21H2,1H3;1H. The van der Waals surface area contributed by atoms with Gasteiger partial charge in [0.15, 0.2) is 0 Å². The van der Waals surface area contributed by atoms with Crippen molar-refractivity contribution in [1.29, 1.82) is 0 Å². The number of carbonyl (C=O) groups is 1. The Balaban J connectivity index is 0.00000312. The summed E-state index contributed by atoms with van der Waals surface area (Å²) in [5, 5.41) is 0. The molecule has 1 aliphatic rings. The van der Waals surface area contributed by atoms with Gasteiger partial charge in [0.1, 0.15) is 0 Å². The number of carbonyl (C=O) groups excluding carboxylic acids is 1. The van der Waals surface area contributed by atoms with Gasteiger partial charge in [0.05, 0.1) is 11.6 Å². The number of halogens is 4. The van der Waals surface area contributed by atoms with Crippen LogP contribution in [0.25, 0.3) is 0 Å². The van der Waals surface area contributed by atoms with Crippen molar-refractivity contribution in [3.8, 4) is 0 Å².